The van der Waals surface area contributed by atoms with Gasteiger partial charge in [0, 0.05) is 6.07 Å². The fraction of sp³-hybridized carbons (Fsp3) is 0.385. The molecule has 0 spiro atoms. The molecule has 0 saturated heterocycles. The summed E-state index contributed by atoms with van der Waals surface area (Å²) in [6, 6.07) is 5.30. The van der Waals surface area contributed by atoms with Gasteiger partial charge in [0.25, 0.3) is 0 Å². The Morgan fingerprint density at radius 3 is 2.78 bits per heavy atom. The molecule has 18 heavy (non-hydrogen) atoms. The number of hydrogen-bond donors (Lipinski definition) is 0. The van der Waals surface area contributed by atoms with Gasteiger partial charge >= 0.3 is 0 Å². The molecule has 0 saturated carbocycles. The number of carbonyl (C=O) groups excluding carboxylic acids is 1. The van der Waals surface area contributed by atoms with E-state index in [0.717, 1.165) is 16.8 Å². The van der Waals surface area contributed by atoms with Crippen molar-refractivity contribution in [1.82, 2.24) is 14.5 Å². The maximum Gasteiger partial charge on any atom is 0.249 e. The number of carbonyl (C=O) groups is 1. The van der Waals surface area contributed by atoms with Crippen LogP contribution in [0.15, 0.2) is 24.5 Å². The molecule has 0 aliphatic heterocycles. The van der Waals surface area contributed by atoms with Gasteiger partial charge in [-0.2, -0.15) is 0 Å². The van der Waals surface area contributed by atoms with E-state index < -0.39 is 0 Å². The first-order valence-corrected chi connectivity index (χ1v) is 5.76. The molecule has 0 N–H and O–H groups in total. The van der Waals surface area contributed by atoms with Crippen LogP contribution in [0.5, 0.6) is 5.75 Å². The molecule has 5 heteroatoms. The van der Waals surface area contributed by atoms with E-state index in [1.54, 1.807) is 18.0 Å². The fourth-order valence-electron chi connectivity index (χ4n) is 1.72. The van der Waals surface area contributed by atoms with Gasteiger partial charge in [-0.05, 0) is 33.2 Å². The summed E-state index contributed by atoms with van der Waals surface area (Å²) in [6.45, 7) is 1.87. The summed E-state index contributed by atoms with van der Waals surface area (Å²) >= 11 is 0. The molecule has 1 heterocycles. The molecular weight excluding hydrogens is 230 g/mol. The van der Waals surface area contributed by atoms with E-state index in [2.05, 4.69) is 4.98 Å². The lowest BCUT2D eigenvalue weighted by atomic mass is 10.2. The maximum absolute atomic E-state index is 12.3. The fourth-order valence-corrected chi connectivity index (χ4v) is 1.72. The molecule has 0 bridgehead atoms. The molecule has 2 rings (SSSR count). The molecule has 2 aromatic rings. The number of imidazole rings is 1. The zero-order valence-corrected chi connectivity index (χ0v) is 11.0. The largest absolute Gasteiger partial charge is 0.497 e. The van der Waals surface area contributed by atoms with Crippen LogP contribution in [0.25, 0.3) is 11.0 Å². The summed E-state index contributed by atoms with van der Waals surface area (Å²) < 4.78 is 6.72. The van der Waals surface area contributed by atoms with Gasteiger partial charge in [0.2, 0.25) is 5.91 Å². The van der Waals surface area contributed by atoms with Crippen molar-refractivity contribution >= 4 is 16.9 Å². The number of nitrogens with zero attached hydrogens (tertiary/aromatic N) is 3. The van der Waals surface area contributed by atoms with Crippen molar-refractivity contribution in [2.75, 3.05) is 21.2 Å². The lowest BCUT2D eigenvalue weighted by Crippen LogP contribution is -2.36. The van der Waals surface area contributed by atoms with Crippen molar-refractivity contribution in [3.05, 3.63) is 24.5 Å². The molecule has 0 aliphatic carbocycles. The highest BCUT2D eigenvalue weighted by Crippen LogP contribution is 2.20. The van der Waals surface area contributed by atoms with Gasteiger partial charge in [-0.3, -0.25) is 14.3 Å². The number of ether oxygens (including phenoxy) is 1. The number of aromatic nitrogens is 2. The average molecular weight is 247 g/mol. The van der Waals surface area contributed by atoms with Crippen molar-refractivity contribution in [2.45, 2.75) is 13.0 Å². The maximum atomic E-state index is 12.3. The zero-order valence-electron chi connectivity index (χ0n) is 11.0. The lowest BCUT2D eigenvalue weighted by Gasteiger charge is -2.18. The number of rotatable bonds is 3. The minimum Gasteiger partial charge on any atom is -0.497 e. The van der Waals surface area contributed by atoms with Gasteiger partial charge in [-0.15, -0.1) is 0 Å². The molecule has 0 amide bonds. The summed E-state index contributed by atoms with van der Waals surface area (Å²) in [6.07, 6.45) is 1.56. The Bertz CT molecular complexity index is 575. The van der Waals surface area contributed by atoms with Crippen LogP contribution < -0.4 is 4.74 Å². The minimum atomic E-state index is -0.190. The molecular formula is C13H17N3O2. The highest BCUT2D eigenvalue weighted by Gasteiger charge is 2.19. The molecule has 0 radical (unpaired) electrons. The second kappa shape index (κ2) is 4.78. The predicted molar refractivity (Wildman–Crippen MR) is 70.1 cm³/mol. The number of fused-ring (bicyclic) bond motifs is 1. The summed E-state index contributed by atoms with van der Waals surface area (Å²) in [5, 5.41) is 0. The van der Waals surface area contributed by atoms with E-state index in [1.165, 1.54) is 0 Å². The van der Waals surface area contributed by atoms with Gasteiger partial charge in [-0.1, -0.05) is 0 Å². The van der Waals surface area contributed by atoms with Crippen LogP contribution >= 0.6 is 0 Å². The van der Waals surface area contributed by atoms with Crippen LogP contribution in [0.4, 0.5) is 0 Å². The quantitative estimate of drug-likeness (QED) is 0.827. The van der Waals surface area contributed by atoms with Crippen LogP contribution in [0.3, 0.4) is 0 Å². The lowest BCUT2D eigenvalue weighted by molar-refractivity contribution is 0.0809. The third-order valence-electron chi connectivity index (χ3n) is 3.12. The standard InChI is InChI=1S/C13H17N3O2/c1-9(15(2)3)13(17)16-8-14-11-7-10(18-4)5-6-12(11)16/h5-9H,1-4H3/t9-/m1/s1. The van der Waals surface area contributed by atoms with Gasteiger partial charge in [0.15, 0.2) is 0 Å². The second-order valence-corrected chi connectivity index (χ2v) is 4.45. The Kier molecular flexibility index (Phi) is 3.34. The topological polar surface area (TPSA) is 47.4 Å². The third-order valence-corrected chi connectivity index (χ3v) is 3.12. The van der Waals surface area contributed by atoms with Gasteiger partial charge in [0.1, 0.15) is 12.1 Å². The van der Waals surface area contributed by atoms with E-state index in [1.807, 2.05) is 44.1 Å². The average Bonchev–Trinajstić information content (AvgIpc) is 2.79. The Morgan fingerprint density at radius 2 is 2.17 bits per heavy atom. The van der Waals surface area contributed by atoms with Crippen molar-refractivity contribution in [3.63, 3.8) is 0 Å². The molecule has 5 nitrogen and oxygen atoms in total. The van der Waals surface area contributed by atoms with Crippen LogP contribution in [-0.4, -0.2) is 47.6 Å². The molecule has 1 aromatic carbocycles. The number of likely N-dealkylation sites (N-methyl/N-ethyl adjacent to an activating group) is 1. The van der Waals surface area contributed by atoms with E-state index in [0.29, 0.717) is 0 Å². The van der Waals surface area contributed by atoms with Crippen LogP contribution in [0.2, 0.25) is 0 Å². The summed E-state index contributed by atoms with van der Waals surface area (Å²) in [4.78, 5) is 18.4. The summed E-state index contributed by atoms with van der Waals surface area (Å²) in [5.41, 5.74) is 1.56. The van der Waals surface area contributed by atoms with E-state index in [4.69, 9.17) is 4.74 Å². The zero-order chi connectivity index (χ0) is 13.3. The van der Waals surface area contributed by atoms with E-state index in [-0.39, 0.29) is 11.9 Å². The monoisotopic (exact) mass is 247 g/mol. The van der Waals surface area contributed by atoms with Crippen LogP contribution in [0, 0.1) is 0 Å². The number of benzene rings is 1. The summed E-state index contributed by atoms with van der Waals surface area (Å²) in [7, 11) is 5.37. The van der Waals surface area contributed by atoms with Gasteiger partial charge in [-0.25, -0.2) is 4.98 Å². The highest BCUT2D eigenvalue weighted by atomic mass is 16.5. The van der Waals surface area contributed by atoms with Crippen LogP contribution in [0.1, 0.15) is 11.7 Å². The Hall–Kier alpha value is -1.88. The molecule has 0 aliphatic rings. The first-order chi connectivity index (χ1) is 8.54. The van der Waals surface area contributed by atoms with Crippen molar-refractivity contribution in [1.29, 1.82) is 0 Å². The predicted octanol–water partition coefficient (Wildman–Crippen LogP) is 1.64. The van der Waals surface area contributed by atoms with E-state index >= 15 is 0 Å². The Balaban J connectivity index is 2.43. The summed E-state index contributed by atoms with van der Waals surface area (Å²) in [5.74, 6) is 0.744. The number of hydrogen-bond acceptors (Lipinski definition) is 4. The smallest absolute Gasteiger partial charge is 0.249 e. The Morgan fingerprint density at radius 1 is 1.44 bits per heavy atom. The SMILES string of the molecule is COc1ccc2c(c1)ncn2C(=O)[C@@H](C)N(C)C. The third kappa shape index (κ3) is 2.09. The molecule has 0 unspecified atom stereocenters. The molecule has 1 atom stereocenters. The van der Waals surface area contributed by atoms with E-state index in [9.17, 15) is 4.79 Å². The number of methoxy groups -OCH3 is 1. The van der Waals surface area contributed by atoms with Crippen molar-refractivity contribution in [2.24, 2.45) is 0 Å². The molecule has 96 valence electrons. The molecule has 1 aromatic heterocycles. The second-order valence-electron chi connectivity index (χ2n) is 4.45. The van der Waals surface area contributed by atoms with Crippen LogP contribution in [-0.2, 0) is 0 Å². The highest BCUT2D eigenvalue weighted by molar-refractivity contribution is 5.93. The first kappa shape index (κ1) is 12.6. The normalized spacial score (nSPS) is 12.9. The Labute approximate surface area is 106 Å². The first-order valence-electron chi connectivity index (χ1n) is 5.76. The van der Waals surface area contributed by atoms with Crippen molar-refractivity contribution in [3.8, 4) is 5.75 Å². The minimum absolute atomic E-state index is 0.00710. The van der Waals surface area contributed by atoms with Gasteiger partial charge in [0.05, 0.1) is 24.2 Å². The van der Waals surface area contributed by atoms with Crippen molar-refractivity contribution < 1.29 is 9.53 Å². The van der Waals surface area contributed by atoms with Gasteiger partial charge < -0.3 is 4.74 Å². The molecule has 0 fully saturated rings.